The fourth-order valence-corrected chi connectivity index (χ4v) is 2.15. The van der Waals surface area contributed by atoms with Crippen molar-refractivity contribution in [3.63, 3.8) is 0 Å². The molecule has 104 valence electrons. The summed E-state index contributed by atoms with van der Waals surface area (Å²) in [4.78, 5) is 24.6. The van der Waals surface area contributed by atoms with Crippen molar-refractivity contribution in [3.05, 3.63) is 52.4 Å². The minimum absolute atomic E-state index is 0.214. The number of rotatable bonds is 4. The van der Waals surface area contributed by atoms with Gasteiger partial charge in [0.1, 0.15) is 5.69 Å². The zero-order chi connectivity index (χ0) is 14.5. The second-order valence-electron chi connectivity index (χ2n) is 4.06. The Morgan fingerprint density at radius 2 is 2.15 bits per heavy atom. The number of benzene rings is 1. The summed E-state index contributed by atoms with van der Waals surface area (Å²) in [5.41, 5.74) is 0.715. The van der Waals surface area contributed by atoms with Crippen LogP contribution >= 0.6 is 11.8 Å². The van der Waals surface area contributed by atoms with Crippen molar-refractivity contribution in [3.8, 4) is 0 Å². The predicted molar refractivity (Wildman–Crippen MR) is 80.3 cm³/mol. The van der Waals surface area contributed by atoms with Crippen LogP contribution < -0.4 is 10.9 Å². The Hall–Kier alpha value is -2.08. The number of nitrogens with one attached hydrogen (secondary N) is 1. The third-order valence-corrected chi connectivity index (χ3v) is 3.45. The predicted octanol–water partition coefficient (Wildman–Crippen LogP) is 2.24. The third-order valence-electron chi connectivity index (χ3n) is 2.73. The van der Waals surface area contributed by atoms with Crippen LogP contribution in [0.2, 0.25) is 0 Å². The molecule has 1 aromatic carbocycles. The Labute approximate surface area is 121 Å². The monoisotopic (exact) mass is 289 g/mol. The highest BCUT2D eigenvalue weighted by atomic mass is 32.2. The van der Waals surface area contributed by atoms with Gasteiger partial charge in [0.2, 0.25) is 0 Å². The van der Waals surface area contributed by atoms with Gasteiger partial charge in [-0.3, -0.25) is 9.59 Å². The zero-order valence-corrected chi connectivity index (χ0v) is 12.1. The van der Waals surface area contributed by atoms with E-state index in [0.717, 1.165) is 4.90 Å². The van der Waals surface area contributed by atoms with Crippen molar-refractivity contribution in [2.24, 2.45) is 0 Å². The normalized spacial score (nSPS) is 10.3. The molecule has 0 atom stereocenters. The quantitative estimate of drug-likeness (QED) is 0.877. The Kier molecular flexibility index (Phi) is 4.57. The van der Waals surface area contributed by atoms with Crippen LogP contribution in [-0.2, 0) is 6.54 Å². The lowest BCUT2D eigenvalue weighted by Crippen LogP contribution is -2.25. The average molecular weight is 289 g/mol. The maximum atomic E-state index is 12.1. The maximum Gasteiger partial charge on any atom is 0.276 e. The number of nitrogens with zero attached hydrogens (tertiary/aromatic N) is 2. The lowest BCUT2D eigenvalue weighted by molar-refractivity contribution is 0.102. The molecule has 1 N–H and O–H groups in total. The molecule has 2 rings (SSSR count). The van der Waals surface area contributed by atoms with Crippen molar-refractivity contribution in [1.29, 1.82) is 0 Å². The molecule has 1 aromatic heterocycles. The van der Waals surface area contributed by atoms with Crippen LogP contribution in [0.5, 0.6) is 0 Å². The van der Waals surface area contributed by atoms with E-state index in [2.05, 4.69) is 10.4 Å². The van der Waals surface area contributed by atoms with Crippen molar-refractivity contribution in [1.82, 2.24) is 9.78 Å². The first kappa shape index (κ1) is 14.3. The van der Waals surface area contributed by atoms with E-state index in [9.17, 15) is 9.59 Å². The third kappa shape index (κ3) is 3.27. The summed E-state index contributed by atoms with van der Waals surface area (Å²) in [6.45, 7) is 2.24. The summed E-state index contributed by atoms with van der Waals surface area (Å²) >= 11 is 1.60. The van der Waals surface area contributed by atoms with E-state index in [4.69, 9.17) is 0 Å². The van der Waals surface area contributed by atoms with E-state index in [-0.39, 0.29) is 17.2 Å². The molecule has 0 radical (unpaired) electrons. The van der Waals surface area contributed by atoms with Gasteiger partial charge in [-0.25, -0.2) is 4.68 Å². The number of amides is 1. The molecule has 0 aliphatic carbocycles. The number of hydrogen-bond acceptors (Lipinski definition) is 4. The number of anilines is 1. The zero-order valence-electron chi connectivity index (χ0n) is 11.3. The highest BCUT2D eigenvalue weighted by Gasteiger charge is 2.09. The minimum atomic E-state index is -0.328. The molecule has 20 heavy (non-hydrogen) atoms. The highest BCUT2D eigenvalue weighted by molar-refractivity contribution is 7.98. The first-order valence-electron chi connectivity index (χ1n) is 6.17. The van der Waals surface area contributed by atoms with Gasteiger partial charge < -0.3 is 5.32 Å². The Bertz CT molecular complexity index is 682. The van der Waals surface area contributed by atoms with Crippen LogP contribution in [0, 0.1) is 0 Å². The number of thioether (sulfide) groups is 1. The fourth-order valence-electron chi connectivity index (χ4n) is 1.69. The van der Waals surface area contributed by atoms with Crippen molar-refractivity contribution < 1.29 is 4.79 Å². The molecule has 0 aliphatic heterocycles. The Balaban J connectivity index is 2.21. The molecule has 5 nitrogen and oxygen atoms in total. The molecule has 2 aromatic rings. The first-order valence-corrected chi connectivity index (χ1v) is 7.40. The molecule has 0 saturated carbocycles. The Morgan fingerprint density at radius 1 is 1.35 bits per heavy atom. The summed E-state index contributed by atoms with van der Waals surface area (Å²) < 4.78 is 1.26. The summed E-state index contributed by atoms with van der Waals surface area (Å²) in [5.74, 6) is -0.328. The lowest BCUT2D eigenvalue weighted by Gasteiger charge is -2.07. The van der Waals surface area contributed by atoms with Crippen LogP contribution in [0.25, 0.3) is 0 Å². The summed E-state index contributed by atoms with van der Waals surface area (Å²) in [7, 11) is 0. The minimum Gasteiger partial charge on any atom is -0.321 e. The van der Waals surface area contributed by atoms with Crippen molar-refractivity contribution in [2.45, 2.75) is 18.4 Å². The first-order chi connectivity index (χ1) is 9.63. The smallest absolute Gasteiger partial charge is 0.276 e. The van der Waals surface area contributed by atoms with Gasteiger partial charge in [0, 0.05) is 23.2 Å². The van der Waals surface area contributed by atoms with Crippen LogP contribution in [0.3, 0.4) is 0 Å². The van der Waals surface area contributed by atoms with Gasteiger partial charge in [0.05, 0.1) is 0 Å². The largest absolute Gasteiger partial charge is 0.321 e. The molecule has 0 bridgehead atoms. The average Bonchev–Trinajstić information content (AvgIpc) is 2.47. The van der Waals surface area contributed by atoms with Crippen LogP contribution in [0.15, 0.2) is 46.1 Å². The highest BCUT2D eigenvalue weighted by Crippen LogP contribution is 2.19. The molecule has 6 heteroatoms. The van der Waals surface area contributed by atoms with Crippen LogP contribution in [0.1, 0.15) is 17.4 Å². The second kappa shape index (κ2) is 6.38. The lowest BCUT2D eigenvalue weighted by atomic mass is 10.3. The van der Waals surface area contributed by atoms with Gasteiger partial charge in [-0.15, -0.1) is 11.8 Å². The van der Waals surface area contributed by atoms with E-state index < -0.39 is 0 Å². The maximum absolute atomic E-state index is 12.1. The molecule has 1 heterocycles. The number of carbonyl (C=O) groups is 1. The molecule has 0 saturated heterocycles. The second-order valence-corrected chi connectivity index (χ2v) is 4.94. The summed E-state index contributed by atoms with van der Waals surface area (Å²) in [5, 5.41) is 6.79. The van der Waals surface area contributed by atoms with Crippen molar-refractivity contribution >= 4 is 23.4 Å². The molecule has 0 unspecified atom stereocenters. The molecular weight excluding hydrogens is 274 g/mol. The van der Waals surface area contributed by atoms with E-state index in [1.165, 1.54) is 16.8 Å². The number of aromatic nitrogens is 2. The number of carbonyl (C=O) groups excluding carboxylic acids is 1. The fraction of sp³-hybridized carbons (Fsp3) is 0.214. The van der Waals surface area contributed by atoms with E-state index in [1.807, 2.05) is 30.5 Å². The van der Waals surface area contributed by atoms with Crippen molar-refractivity contribution in [2.75, 3.05) is 11.6 Å². The van der Waals surface area contributed by atoms with Gasteiger partial charge in [-0.2, -0.15) is 5.10 Å². The number of aryl methyl sites for hydroxylation is 1. The van der Waals surface area contributed by atoms with E-state index in [1.54, 1.807) is 18.7 Å². The molecule has 1 amide bonds. The van der Waals surface area contributed by atoms with Crippen LogP contribution in [-0.4, -0.2) is 21.9 Å². The Morgan fingerprint density at radius 3 is 2.85 bits per heavy atom. The van der Waals surface area contributed by atoms with E-state index >= 15 is 0 Å². The molecule has 0 spiro atoms. The SMILES string of the molecule is CCn1nc(C(=O)Nc2cccc(SC)c2)ccc1=O. The standard InChI is InChI=1S/C14H15N3O2S/c1-3-17-13(18)8-7-12(16-17)14(19)15-10-5-4-6-11(9-10)20-2/h4-9H,3H2,1-2H3,(H,15,19). The topological polar surface area (TPSA) is 64.0 Å². The van der Waals surface area contributed by atoms with Gasteiger partial charge in [-0.1, -0.05) is 6.07 Å². The summed E-state index contributed by atoms with van der Waals surface area (Å²) in [6.07, 6.45) is 1.97. The number of hydrogen-bond donors (Lipinski definition) is 1. The van der Waals surface area contributed by atoms with Gasteiger partial charge in [0.15, 0.2) is 0 Å². The van der Waals surface area contributed by atoms with Crippen LogP contribution in [0.4, 0.5) is 5.69 Å². The molecule has 0 aliphatic rings. The van der Waals surface area contributed by atoms with Gasteiger partial charge in [-0.05, 0) is 37.4 Å². The van der Waals surface area contributed by atoms with Gasteiger partial charge in [0.25, 0.3) is 11.5 Å². The van der Waals surface area contributed by atoms with Gasteiger partial charge >= 0.3 is 0 Å². The van der Waals surface area contributed by atoms with E-state index in [0.29, 0.717) is 12.2 Å². The molecule has 0 fully saturated rings. The summed E-state index contributed by atoms with van der Waals surface area (Å²) in [6, 6.07) is 10.3. The molecular formula is C14H15N3O2S.